The van der Waals surface area contributed by atoms with Crippen molar-refractivity contribution in [2.45, 2.75) is 57.9 Å². The zero-order valence-corrected chi connectivity index (χ0v) is 17.9. The number of aryl methyl sites for hydroxylation is 2. The molecular weight excluding hydrogens is 364 g/mol. The fraction of sp³-hybridized carbons (Fsp3) is 0.579. The first-order valence-corrected chi connectivity index (χ1v) is 10.7. The summed E-state index contributed by atoms with van der Waals surface area (Å²) in [6.07, 6.45) is 0.824. The van der Waals surface area contributed by atoms with Crippen LogP contribution in [0.2, 0.25) is 0 Å². The molecule has 0 saturated heterocycles. The molecule has 0 aliphatic rings. The van der Waals surface area contributed by atoms with Gasteiger partial charge in [-0.15, -0.1) is 0 Å². The number of benzene rings is 1. The Labute approximate surface area is 161 Å². The molecule has 27 heavy (non-hydrogen) atoms. The van der Waals surface area contributed by atoms with Gasteiger partial charge in [-0.1, -0.05) is 13.8 Å². The van der Waals surface area contributed by atoms with E-state index in [9.17, 15) is 13.2 Å². The number of imidazole rings is 1. The first-order chi connectivity index (χ1) is 12.5. The quantitative estimate of drug-likeness (QED) is 0.782. The van der Waals surface area contributed by atoms with Gasteiger partial charge in [-0.25, -0.2) is 13.4 Å². The van der Waals surface area contributed by atoms with Crippen LogP contribution in [0, 0.1) is 0 Å². The molecule has 1 N–H and O–H groups in total. The van der Waals surface area contributed by atoms with Gasteiger partial charge in [0.15, 0.2) is 0 Å². The molecule has 0 aliphatic heterocycles. The van der Waals surface area contributed by atoms with E-state index in [1.165, 1.54) is 4.31 Å². The fourth-order valence-electron chi connectivity index (χ4n) is 3.03. The average molecular weight is 395 g/mol. The van der Waals surface area contributed by atoms with Crippen LogP contribution in [0.25, 0.3) is 11.0 Å². The molecule has 0 bridgehead atoms. The summed E-state index contributed by atoms with van der Waals surface area (Å²) in [5.41, 5.74) is 1.20. The Hall–Kier alpha value is -1.93. The van der Waals surface area contributed by atoms with Gasteiger partial charge in [0.25, 0.3) is 0 Å². The molecule has 2 aromatic rings. The summed E-state index contributed by atoms with van der Waals surface area (Å²) in [5, 5.41) is 2.94. The zero-order valence-electron chi connectivity index (χ0n) is 17.0. The fourth-order valence-corrected chi connectivity index (χ4v) is 4.51. The van der Waals surface area contributed by atoms with Crippen LogP contribution in [0.4, 0.5) is 0 Å². The molecule has 1 amide bonds. The Kier molecular flexibility index (Phi) is 6.32. The predicted molar refractivity (Wildman–Crippen MR) is 107 cm³/mol. The van der Waals surface area contributed by atoms with Crippen LogP contribution in [-0.2, 0) is 28.3 Å². The van der Waals surface area contributed by atoms with Gasteiger partial charge in [0, 0.05) is 38.5 Å². The minimum absolute atomic E-state index is 0.0284. The number of carbonyl (C=O) groups is 1. The van der Waals surface area contributed by atoms with Crippen LogP contribution >= 0.6 is 0 Å². The number of hydrogen-bond donors (Lipinski definition) is 1. The highest BCUT2D eigenvalue weighted by Gasteiger charge is 2.23. The molecule has 150 valence electrons. The maximum atomic E-state index is 12.7. The van der Waals surface area contributed by atoms with Crippen LogP contribution < -0.4 is 5.32 Å². The van der Waals surface area contributed by atoms with Gasteiger partial charge in [0.05, 0.1) is 15.9 Å². The maximum absolute atomic E-state index is 12.7. The van der Waals surface area contributed by atoms with Crippen molar-refractivity contribution < 1.29 is 13.2 Å². The summed E-state index contributed by atoms with van der Waals surface area (Å²) in [5.74, 6) is 0.728. The van der Waals surface area contributed by atoms with Crippen molar-refractivity contribution >= 4 is 27.0 Å². The Balaban J connectivity index is 2.28. The van der Waals surface area contributed by atoms with Gasteiger partial charge in [-0.05, 0) is 39.0 Å². The highest BCUT2D eigenvalue weighted by molar-refractivity contribution is 7.89. The molecule has 0 spiro atoms. The van der Waals surface area contributed by atoms with Crippen LogP contribution in [0.15, 0.2) is 23.1 Å². The van der Waals surface area contributed by atoms with E-state index in [0.717, 1.165) is 11.3 Å². The highest BCUT2D eigenvalue weighted by atomic mass is 32.2. The van der Waals surface area contributed by atoms with Crippen molar-refractivity contribution in [3.63, 3.8) is 0 Å². The van der Waals surface area contributed by atoms with E-state index in [2.05, 4.69) is 10.3 Å². The minimum Gasteiger partial charge on any atom is -0.351 e. The van der Waals surface area contributed by atoms with Gasteiger partial charge < -0.3 is 9.88 Å². The summed E-state index contributed by atoms with van der Waals surface area (Å²) in [7, 11) is -1.64. The third-order valence-corrected chi connectivity index (χ3v) is 6.42. The van der Waals surface area contributed by atoms with E-state index >= 15 is 0 Å². The molecule has 0 fully saturated rings. The first-order valence-electron chi connectivity index (χ1n) is 9.26. The van der Waals surface area contributed by atoms with Gasteiger partial charge in [-0.2, -0.15) is 4.31 Å². The van der Waals surface area contributed by atoms with Crippen molar-refractivity contribution in [2.24, 2.45) is 7.05 Å². The van der Waals surface area contributed by atoms with Gasteiger partial charge >= 0.3 is 0 Å². The van der Waals surface area contributed by atoms with Gasteiger partial charge in [0.2, 0.25) is 15.9 Å². The number of nitrogens with one attached hydrogen (secondary N) is 1. The lowest BCUT2D eigenvalue weighted by Crippen LogP contribution is -2.40. The van der Waals surface area contributed by atoms with E-state index in [0.29, 0.717) is 31.4 Å². The van der Waals surface area contributed by atoms with Crippen molar-refractivity contribution in [1.82, 2.24) is 19.2 Å². The topological polar surface area (TPSA) is 84.3 Å². The second-order valence-electron chi connectivity index (χ2n) is 7.63. The molecule has 0 atom stereocenters. The Bertz CT molecular complexity index is 922. The summed E-state index contributed by atoms with van der Waals surface area (Å²) in [6.45, 7) is 10.3. The highest BCUT2D eigenvalue weighted by Crippen LogP contribution is 2.22. The van der Waals surface area contributed by atoms with Crippen molar-refractivity contribution in [3.8, 4) is 0 Å². The molecule has 1 aromatic heterocycles. The smallest absolute Gasteiger partial charge is 0.243 e. The van der Waals surface area contributed by atoms with Gasteiger partial charge in [0.1, 0.15) is 5.82 Å². The van der Waals surface area contributed by atoms with Crippen LogP contribution in [0.1, 0.15) is 46.9 Å². The summed E-state index contributed by atoms with van der Waals surface area (Å²) < 4.78 is 28.8. The van der Waals surface area contributed by atoms with Crippen molar-refractivity contribution in [1.29, 1.82) is 0 Å². The van der Waals surface area contributed by atoms with E-state index < -0.39 is 10.0 Å². The molecular formula is C19H30N4O3S. The molecule has 1 aromatic carbocycles. The second-order valence-corrected chi connectivity index (χ2v) is 9.56. The number of aromatic nitrogens is 2. The normalized spacial score (nSPS) is 12.7. The minimum atomic E-state index is -3.52. The van der Waals surface area contributed by atoms with Crippen molar-refractivity contribution in [3.05, 3.63) is 24.0 Å². The van der Waals surface area contributed by atoms with E-state index in [1.807, 2.05) is 46.2 Å². The third kappa shape index (κ3) is 4.87. The molecule has 1 heterocycles. The summed E-state index contributed by atoms with van der Waals surface area (Å²) in [4.78, 5) is 16.9. The lowest BCUT2D eigenvalue weighted by Gasteiger charge is -2.20. The number of sulfonamides is 1. The maximum Gasteiger partial charge on any atom is 0.243 e. The van der Waals surface area contributed by atoms with E-state index in [1.54, 1.807) is 18.2 Å². The number of hydrogen-bond acceptors (Lipinski definition) is 4. The van der Waals surface area contributed by atoms with Gasteiger partial charge in [-0.3, -0.25) is 4.79 Å². The Morgan fingerprint density at radius 3 is 2.41 bits per heavy atom. The van der Waals surface area contributed by atoms with Crippen molar-refractivity contribution in [2.75, 3.05) is 13.1 Å². The Morgan fingerprint density at radius 1 is 1.22 bits per heavy atom. The van der Waals surface area contributed by atoms with Crippen LogP contribution in [-0.4, -0.2) is 46.8 Å². The second kappa shape index (κ2) is 7.98. The number of nitrogens with zero attached hydrogens (tertiary/aromatic N) is 3. The number of rotatable bonds is 7. The monoisotopic (exact) mass is 394 g/mol. The number of fused-ring (bicyclic) bond motifs is 1. The molecule has 0 unspecified atom stereocenters. The summed E-state index contributed by atoms with van der Waals surface area (Å²) in [6, 6.07) is 5.01. The van der Waals surface area contributed by atoms with Crippen LogP contribution in [0.5, 0.6) is 0 Å². The molecule has 7 nitrogen and oxygen atoms in total. The van der Waals surface area contributed by atoms with E-state index in [-0.39, 0.29) is 16.3 Å². The predicted octanol–water partition coefficient (Wildman–Crippen LogP) is 2.45. The number of amides is 1. The molecule has 2 rings (SSSR count). The number of carbonyl (C=O) groups excluding carboxylic acids is 1. The third-order valence-electron chi connectivity index (χ3n) is 4.38. The largest absolute Gasteiger partial charge is 0.351 e. The molecule has 0 saturated carbocycles. The lowest BCUT2D eigenvalue weighted by atomic mass is 10.1. The molecule has 8 heteroatoms. The molecule has 0 aliphatic carbocycles. The SMILES string of the molecule is CCN(CC)S(=O)(=O)c1ccc2c(c1)nc(CCC(=O)NC(C)(C)C)n2C. The average Bonchev–Trinajstić information content (AvgIpc) is 2.88. The zero-order chi connectivity index (χ0) is 20.4. The standard InChI is InChI=1S/C19H30N4O3S/c1-7-23(8-2)27(25,26)14-9-10-16-15(13-14)20-17(22(16)6)11-12-18(24)21-19(3,4)5/h9-10,13H,7-8,11-12H2,1-6H3,(H,21,24). The lowest BCUT2D eigenvalue weighted by molar-refractivity contribution is -0.122. The summed E-state index contributed by atoms with van der Waals surface area (Å²) >= 11 is 0. The first kappa shape index (κ1) is 21.4. The molecule has 0 radical (unpaired) electrons. The van der Waals surface area contributed by atoms with E-state index in [4.69, 9.17) is 0 Å². The van der Waals surface area contributed by atoms with Crippen LogP contribution in [0.3, 0.4) is 0 Å². The Morgan fingerprint density at radius 2 is 1.85 bits per heavy atom.